The molecular formula is C24H16IN2O2. The number of primary amides is 1. The monoisotopic (exact) mass is 491 g/mol. The second kappa shape index (κ2) is 7.08. The Morgan fingerprint density at radius 2 is 1.93 bits per heavy atom. The van der Waals surface area contributed by atoms with E-state index in [0.29, 0.717) is 12.1 Å². The fourth-order valence-corrected chi connectivity index (χ4v) is 4.44. The van der Waals surface area contributed by atoms with Crippen molar-refractivity contribution in [2.45, 2.75) is 6.54 Å². The average molecular weight is 491 g/mol. The first kappa shape index (κ1) is 18.0. The van der Waals surface area contributed by atoms with Crippen molar-refractivity contribution in [3.8, 4) is 11.3 Å². The number of nitrogens with zero attached hydrogens (tertiary/aromatic N) is 1. The molecule has 2 heterocycles. The van der Waals surface area contributed by atoms with E-state index in [1.54, 1.807) is 12.3 Å². The topological polar surface area (TPSA) is 61.2 Å². The molecule has 5 rings (SSSR count). The van der Waals surface area contributed by atoms with Crippen LogP contribution in [0, 0.1) is 9.64 Å². The van der Waals surface area contributed by atoms with E-state index in [4.69, 9.17) is 10.2 Å². The molecule has 0 aliphatic heterocycles. The molecule has 1 amide bonds. The largest absolute Gasteiger partial charge is 0.464 e. The minimum Gasteiger partial charge on any atom is -0.464 e. The van der Waals surface area contributed by atoms with Gasteiger partial charge in [-0.1, -0.05) is 18.2 Å². The van der Waals surface area contributed by atoms with Gasteiger partial charge in [0.15, 0.2) is 0 Å². The predicted molar refractivity (Wildman–Crippen MR) is 123 cm³/mol. The Hall–Kier alpha value is -3.06. The molecule has 5 heteroatoms. The number of amides is 1. The summed E-state index contributed by atoms with van der Waals surface area (Å²) in [4.78, 5) is 12.1. The first-order valence-electron chi connectivity index (χ1n) is 9.16. The van der Waals surface area contributed by atoms with Gasteiger partial charge in [0.1, 0.15) is 5.76 Å². The summed E-state index contributed by atoms with van der Waals surface area (Å²) in [6.45, 7) is 0.675. The maximum Gasteiger partial charge on any atom is 0.249 e. The van der Waals surface area contributed by atoms with Crippen LogP contribution in [0.4, 0.5) is 0 Å². The van der Waals surface area contributed by atoms with Gasteiger partial charge in [-0.05, 0) is 82.8 Å². The lowest BCUT2D eigenvalue weighted by atomic mass is 10.0. The van der Waals surface area contributed by atoms with Crippen LogP contribution in [0.5, 0.6) is 0 Å². The number of nitrogens with two attached hydrogens (primary N) is 1. The Morgan fingerprint density at radius 3 is 2.69 bits per heavy atom. The minimum atomic E-state index is -0.438. The van der Waals surface area contributed by atoms with Crippen LogP contribution >= 0.6 is 22.6 Å². The van der Waals surface area contributed by atoms with Crippen LogP contribution < -0.4 is 5.73 Å². The van der Waals surface area contributed by atoms with Gasteiger partial charge in [0.05, 0.1) is 17.3 Å². The van der Waals surface area contributed by atoms with Gasteiger partial charge in [0.2, 0.25) is 5.91 Å². The third-order valence-corrected chi connectivity index (χ3v) is 5.77. The van der Waals surface area contributed by atoms with Crippen molar-refractivity contribution >= 4 is 50.3 Å². The van der Waals surface area contributed by atoms with Crippen LogP contribution in [0.15, 0.2) is 77.4 Å². The van der Waals surface area contributed by atoms with E-state index < -0.39 is 5.91 Å². The third kappa shape index (κ3) is 3.11. The Labute approximate surface area is 181 Å². The number of hydrogen-bond acceptors (Lipinski definition) is 2. The van der Waals surface area contributed by atoms with E-state index in [1.165, 1.54) is 9.13 Å². The van der Waals surface area contributed by atoms with Gasteiger partial charge in [-0.25, -0.2) is 0 Å². The van der Waals surface area contributed by atoms with Crippen LogP contribution in [-0.2, 0) is 6.54 Å². The smallest absolute Gasteiger partial charge is 0.249 e. The zero-order chi connectivity index (χ0) is 20.0. The molecule has 0 unspecified atom stereocenters. The molecule has 0 bridgehead atoms. The number of benzene rings is 3. The molecule has 29 heavy (non-hydrogen) atoms. The molecular weight excluding hydrogens is 475 g/mol. The fourth-order valence-electron chi connectivity index (χ4n) is 3.83. The number of halogens is 1. The number of furan rings is 1. The Morgan fingerprint density at radius 1 is 1.07 bits per heavy atom. The molecule has 0 saturated heterocycles. The Kier molecular flexibility index (Phi) is 4.39. The molecule has 0 saturated carbocycles. The van der Waals surface area contributed by atoms with Crippen molar-refractivity contribution in [3.05, 3.63) is 93.8 Å². The predicted octanol–water partition coefficient (Wildman–Crippen LogP) is 5.61. The van der Waals surface area contributed by atoms with Crippen LogP contribution in [0.25, 0.3) is 33.1 Å². The zero-order valence-electron chi connectivity index (χ0n) is 15.4. The number of rotatable bonds is 4. The van der Waals surface area contributed by atoms with Crippen molar-refractivity contribution in [1.29, 1.82) is 0 Å². The van der Waals surface area contributed by atoms with Crippen molar-refractivity contribution in [2.75, 3.05) is 0 Å². The van der Waals surface area contributed by atoms with E-state index in [1.807, 2.05) is 30.3 Å². The standard InChI is InChI=1S/C24H16IN2O2/c25-17-5-1-4-15(12-17)14-27-20-7-2-6-19(24(26)28)23(20)18-10-9-16(13-21(18)27)22-8-3-11-29-22/h1-9,11-13H,14H2,(H2,26,28). The van der Waals surface area contributed by atoms with Crippen LogP contribution in [0.3, 0.4) is 0 Å². The van der Waals surface area contributed by atoms with Crippen molar-refractivity contribution in [1.82, 2.24) is 4.57 Å². The van der Waals surface area contributed by atoms with E-state index in [2.05, 4.69) is 63.6 Å². The lowest BCUT2D eigenvalue weighted by Crippen LogP contribution is -2.11. The first-order valence-corrected chi connectivity index (χ1v) is 10.2. The maximum atomic E-state index is 12.1. The van der Waals surface area contributed by atoms with Crippen LogP contribution in [0.1, 0.15) is 15.9 Å². The van der Waals surface area contributed by atoms with E-state index >= 15 is 0 Å². The molecule has 0 aliphatic carbocycles. The number of carbonyl (C=O) groups excluding carboxylic acids is 1. The number of hydrogen-bond donors (Lipinski definition) is 1. The SMILES string of the molecule is NC(=O)c1cccc2c1c1[c]cc(-c3ccco3)cc1n2Cc1cccc(I)c1. The Balaban J connectivity index is 1.82. The van der Waals surface area contributed by atoms with Gasteiger partial charge in [0.25, 0.3) is 0 Å². The zero-order valence-corrected chi connectivity index (χ0v) is 17.5. The molecule has 0 atom stereocenters. The molecule has 0 spiro atoms. The summed E-state index contributed by atoms with van der Waals surface area (Å²) in [6.07, 6.45) is 1.66. The average Bonchev–Trinajstić information content (AvgIpc) is 3.35. The number of fused-ring (bicyclic) bond motifs is 3. The van der Waals surface area contributed by atoms with Gasteiger partial charge in [-0.15, -0.1) is 0 Å². The lowest BCUT2D eigenvalue weighted by molar-refractivity contribution is 0.100. The summed E-state index contributed by atoms with van der Waals surface area (Å²) < 4.78 is 8.97. The van der Waals surface area contributed by atoms with Crippen molar-refractivity contribution < 1.29 is 9.21 Å². The quantitative estimate of drug-likeness (QED) is 0.333. The highest BCUT2D eigenvalue weighted by molar-refractivity contribution is 14.1. The van der Waals surface area contributed by atoms with E-state index in [-0.39, 0.29) is 0 Å². The number of carbonyl (C=O) groups is 1. The molecule has 1 radical (unpaired) electrons. The van der Waals surface area contributed by atoms with Crippen molar-refractivity contribution in [2.24, 2.45) is 5.73 Å². The van der Waals surface area contributed by atoms with Crippen molar-refractivity contribution in [3.63, 3.8) is 0 Å². The summed E-state index contributed by atoms with van der Waals surface area (Å²) in [6, 6.07) is 25.2. The van der Waals surface area contributed by atoms with Gasteiger partial charge in [-0.2, -0.15) is 0 Å². The van der Waals surface area contributed by atoms with Gasteiger partial charge in [0, 0.05) is 32.0 Å². The summed E-state index contributed by atoms with van der Waals surface area (Å²) in [5.41, 5.74) is 10.3. The summed E-state index contributed by atoms with van der Waals surface area (Å²) >= 11 is 2.32. The van der Waals surface area contributed by atoms with E-state index in [0.717, 1.165) is 33.1 Å². The highest BCUT2D eigenvalue weighted by Crippen LogP contribution is 2.34. The highest BCUT2D eigenvalue weighted by Gasteiger charge is 2.18. The molecule has 0 aliphatic rings. The summed E-state index contributed by atoms with van der Waals surface area (Å²) in [5.74, 6) is 0.344. The molecule has 4 nitrogen and oxygen atoms in total. The number of aromatic nitrogens is 1. The molecule has 2 N–H and O–H groups in total. The summed E-state index contributed by atoms with van der Waals surface area (Å²) in [7, 11) is 0. The highest BCUT2D eigenvalue weighted by atomic mass is 127. The first-order chi connectivity index (χ1) is 14.1. The minimum absolute atomic E-state index is 0.438. The van der Waals surface area contributed by atoms with E-state index in [9.17, 15) is 4.79 Å². The van der Waals surface area contributed by atoms with Gasteiger partial charge >= 0.3 is 0 Å². The maximum absolute atomic E-state index is 12.1. The lowest BCUT2D eigenvalue weighted by Gasteiger charge is -2.09. The third-order valence-electron chi connectivity index (χ3n) is 5.10. The molecule has 2 aromatic heterocycles. The van der Waals surface area contributed by atoms with Crippen LogP contribution in [-0.4, -0.2) is 10.5 Å². The van der Waals surface area contributed by atoms with Gasteiger partial charge in [-0.3, -0.25) is 4.79 Å². The Bertz CT molecular complexity index is 1370. The second-order valence-corrected chi connectivity index (χ2v) is 8.15. The normalized spacial score (nSPS) is 11.3. The molecule has 3 aromatic carbocycles. The summed E-state index contributed by atoms with van der Waals surface area (Å²) in [5, 5.41) is 1.72. The molecule has 0 fully saturated rings. The second-order valence-electron chi connectivity index (χ2n) is 6.91. The fraction of sp³-hybridized carbons (Fsp3) is 0.0417. The van der Waals surface area contributed by atoms with Crippen LogP contribution in [0.2, 0.25) is 0 Å². The molecule has 141 valence electrons. The van der Waals surface area contributed by atoms with Gasteiger partial charge < -0.3 is 14.7 Å². The molecule has 5 aromatic rings.